The maximum absolute atomic E-state index is 12.7. The lowest BCUT2D eigenvalue weighted by Gasteiger charge is -2.26. The van der Waals surface area contributed by atoms with Gasteiger partial charge in [-0.3, -0.25) is 14.2 Å². The minimum Gasteiger partial charge on any atom is -0.495 e. The van der Waals surface area contributed by atoms with Gasteiger partial charge in [0, 0.05) is 25.0 Å². The van der Waals surface area contributed by atoms with Gasteiger partial charge in [-0.15, -0.1) is 0 Å². The van der Waals surface area contributed by atoms with E-state index in [1.807, 2.05) is 4.90 Å². The molecule has 1 aromatic carbocycles. The molecule has 0 spiro atoms. The first kappa shape index (κ1) is 20.0. The zero-order chi connectivity index (χ0) is 21.1. The summed E-state index contributed by atoms with van der Waals surface area (Å²) >= 11 is 6.07. The molecule has 11 heteroatoms. The summed E-state index contributed by atoms with van der Waals surface area (Å²) < 4.78 is 11.6. The molecule has 4 rings (SSSR count). The van der Waals surface area contributed by atoms with E-state index < -0.39 is 11.5 Å². The van der Waals surface area contributed by atoms with Crippen LogP contribution in [0, 0.1) is 0 Å². The Bertz CT molecular complexity index is 1150. The van der Waals surface area contributed by atoms with Crippen molar-refractivity contribution in [2.75, 3.05) is 43.6 Å². The van der Waals surface area contributed by atoms with Crippen LogP contribution in [-0.2, 0) is 16.1 Å². The van der Waals surface area contributed by atoms with Crippen LogP contribution in [-0.4, -0.2) is 58.8 Å². The number of benzene rings is 1. The molecule has 2 aromatic heterocycles. The fourth-order valence-electron chi connectivity index (χ4n) is 3.07. The van der Waals surface area contributed by atoms with Gasteiger partial charge < -0.3 is 19.7 Å². The third kappa shape index (κ3) is 4.19. The SMILES string of the molecule is COc1ccc(NC(=O)Cn2cnc3nc(N4CCOCC4)ncc3c2=O)cc1Cl. The Morgan fingerprint density at radius 3 is 2.83 bits per heavy atom. The molecular formula is C19H19ClN6O4. The standard InChI is InChI=1S/C19H19ClN6O4/c1-29-15-3-2-12(8-14(15)20)23-16(27)10-26-11-22-17-13(18(26)28)9-21-19(24-17)25-4-6-30-7-5-25/h2-3,8-9,11H,4-7,10H2,1H3,(H,23,27). The first-order valence-corrected chi connectivity index (χ1v) is 9.61. The van der Waals surface area contributed by atoms with Gasteiger partial charge in [0.2, 0.25) is 11.9 Å². The Morgan fingerprint density at radius 1 is 1.30 bits per heavy atom. The number of methoxy groups -OCH3 is 1. The molecule has 1 amide bonds. The number of amides is 1. The number of carbonyl (C=O) groups is 1. The fourth-order valence-corrected chi connectivity index (χ4v) is 3.33. The van der Waals surface area contributed by atoms with Crippen LogP contribution in [0.4, 0.5) is 11.6 Å². The van der Waals surface area contributed by atoms with Crippen LogP contribution in [0.1, 0.15) is 0 Å². The van der Waals surface area contributed by atoms with Crippen LogP contribution in [0.2, 0.25) is 5.02 Å². The number of morpholine rings is 1. The minimum absolute atomic E-state index is 0.212. The number of fused-ring (bicyclic) bond motifs is 1. The van der Waals surface area contributed by atoms with Crippen LogP contribution in [0.15, 0.2) is 35.5 Å². The van der Waals surface area contributed by atoms with Crippen molar-refractivity contribution < 1.29 is 14.3 Å². The molecule has 3 heterocycles. The van der Waals surface area contributed by atoms with E-state index in [9.17, 15) is 9.59 Å². The molecule has 10 nitrogen and oxygen atoms in total. The second-order valence-corrected chi connectivity index (χ2v) is 6.99. The van der Waals surface area contributed by atoms with Crippen LogP contribution < -0.4 is 20.5 Å². The molecule has 1 saturated heterocycles. The van der Waals surface area contributed by atoms with E-state index in [-0.39, 0.29) is 17.6 Å². The third-order valence-corrected chi connectivity index (χ3v) is 4.91. The second-order valence-electron chi connectivity index (χ2n) is 6.58. The Labute approximate surface area is 176 Å². The second kappa shape index (κ2) is 8.64. The number of hydrogen-bond donors (Lipinski definition) is 1. The number of halogens is 1. The number of ether oxygens (including phenoxy) is 2. The molecule has 1 N–H and O–H groups in total. The number of aromatic nitrogens is 4. The molecular weight excluding hydrogens is 412 g/mol. The number of rotatable bonds is 5. The summed E-state index contributed by atoms with van der Waals surface area (Å²) in [6.07, 6.45) is 2.75. The predicted octanol–water partition coefficient (Wildman–Crippen LogP) is 1.32. The smallest absolute Gasteiger partial charge is 0.264 e. The quantitative estimate of drug-likeness (QED) is 0.645. The molecule has 0 saturated carbocycles. The fraction of sp³-hybridized carbons (Fsp3) is 0.316. The molecule has 0 bridgehead atoms. The van der Waals surface area contributed by atoms with E-state index in [2.05, 4.69) is 20.3 Å². The van der Waals surface area contributed by atoms with Crippen LogP contribution >= 0.6 is 11.6 Å². The third-order valence-electron chi connectivity index (χ3n) is 4.61. The van der Waals surface area contributed by atoms with Crippen molar-refractivity contribution in [1.82, 2.24) is 19.5 Å². The Balaban J connectivity index is 1.51. The highest BCUT2D eigenvalue weighted by Crippen LogP contribution is 2.27. The van der Waals surface area contributed by atoms with Crippen molar-refractivity contribution in [1.29, 1.82) is 0 Å². The van der Waals surface area contributed by atoms with Crippen molar-refractivity contribution in [3.63, 3.8) is 0 Å². The predicted molar refractivity (Wildman–Crippen MR) is 111 cm³/mol. The van der Waals surface area contributed by atoms with E-state index in [0.29, 0.717) is 48.7 Å². The molecule has 0 atom stereocenters. The Hall–Kier alpha value is -3.24. The summed E-state index contributed by atoms with van der Waals surface area (Å²) in [5.41, 5.74) is 0.387. The number of carbonyl (C=O) groups excluding carboxylic acids is 1. The van der Waals surface area contributed by atoms with Gasteiger partial charge in [0.05, 0.1) is 25.3 Å². The zero-order valence-electron chi connectivity index (χ0n) is 16.2. The van der Waals surface area contributed by atoms with Gasteiger partial charge in [-0.1, -0.05) is 11.6 Å². The molecule has 0 unspecified atom stereocenters. The first-order valence-electron chi connectivity index (χ1n) is 9.23. The topological polar surface area (TPSA) is 111 Å². The molecule has 1 aliphatic rings. The van der Waals surface area contributed by atoms with Crippen LogP contribution in [0.25, 0.3) is 11.0 Å². The highest BCUT2D eigenvalue weighted by molar-refractivity contribution is 6.32. The highest BCUT2D eigenvalue weighted by Gasteiger charge is 2.16. The molecule has 30 heavy (non-hydrogen) atoms. The molecule has 1 fully saturated rings. The van der Waals surface area contributed by atoms with E-state index in [1.165, 1.54) is 24.2 Å². The average Bonchev–Trinajstić information content (AvgIpc) is 2.76. The summed E-state index contributed by atoms with van der Waals surface area (Å²) in [6.45, 7) is 2.35. The lowest BCUT2D eigenvalue weighted by molar-refractivity contribution is -0.116. The van der Waals surface area contributed by atoms with Crippen molar-refractivity contribution in [2.45, 2.75) is 6.54 Å². The monoisotopic (exact) mass is 430 g/mol. The largest absolute Gasteiger partial charge is 0.495 e. The van der Waals surface area contributed by atoms with Crippen molar-refractivity contribution >= 4 is 40.2 Å². The summed E-state index contributed by atoms with van der Waals surface area (Å²) in [6, 6.07) is 4.87. The lowest BCUT2D eigenvalue weighted by Crippen LogP contribution is -2.37. The zero-order valence-corrected chi connectivity index (χ0v) is 16.9. The molecule has 3 aromatic rings. The van der Waals surface area contributed by atoms with Gasteiger partial charge in [-0.2, -0.15) is 4.98 Å². The van der Waals surface area contributed by atoms with Gasteiger partial charge in [0.25, 0.3) is 5.56 Å². The van der Waals surface area contributed by atoms with Gasteiger partial charge in [0.1, 0.15) is 24.0 Å². The lowest BCUT2D eigenvalue weighted by atomic mass is 10.3. The molecule has 156 valence electrons. The van der Waals surface area contributed by atoms with Crippen LogP contribution in [0.3, 0.4) is 0 Å². The van der Waals surface area contributed by atoms with Gasteiger partial charge in [0.15, 0.2) is 5.65 Å². The van der Waals surface area contributed by atoms with E-state index >= 15 is 0 Å². The Morgan fingerprint density at radius 2 is 2.10 bits per heavy atom. The van der Waals surface area contributed by atoms with Crippen molar-refractivity contribution in [3.8, 4) is 5.75 Å². The van der Waals surface area contributed by atoms with E-state index in [0.717, 1.165) is 0 Å². The summed E-state index contributed by atoms with van der Waals surface area (Å²) in [5.74, 6) is 0.607. The highest BCUT2D eigenvalue weighted by atomic mass is 35.5. The van der Waals surface area contributed by atoms with Gasteiger partial charge >= 0.3 is 0 Å². The first-order chi connectivity index (χ1) is 14.5. The van der Waals surface area contributed by atoms with E-state index in [4.69, 9.17) is 21.1 Å². The normalized spacial score (nSPS) is 14.0. The van der Waals surface area contributed by atoms with Gasteiger partial charge in [-0.05, 0) is 18.2 Å². The molecule has 1 aliphatic heterocycles. The molecule has 0 radical (unpaired) electrons. The summed E-state index contributed by atoms with van der Waals surface area (Å²) in [7, 11) is 1.51. The van der Waals surface area contributed by atoms with Crippen molar-refractivity contribution in [3.05, 3.63) is 46.1 Å². The number of nitrogens with zero attached hydrogens (tertiary/aromatic N) is 5. The summed E-state index contributed by atoms with van der Waals surface area (Å²) in [4.78, 5) is 40.0. The van der Waals surface area contributed by atoms with Gasteiger partial charge in [-0.25, -0.2) is 9.97 Å². The minimum atomic E-state index is -0.398. The average molecular weight is 431 g/mol. The molecule has 0 aliphatic carbocycles. The number of nitrogens with one attached hydrogen (secondary N) is 1. The maximum atomic E-state index is 12.7. The number of anilines is 2. The number of hydrogen-bond acceptors (Lipinski definition) is 8. The Kier molecular flexibility index (Phi) is 5.77. The van der Waals surface area contributed by atoms with E-state index in [1.54, 1.807) is 18.2 Å². The van der Waals surface area contributed by atoms with Crippen molar-refractivity contribution in [2.24, 2.45) is 0 Å². The summed E-state index contributed by atoms with van der Waals surface area (Å²) in [5, 5.41) is 3.31. The maximum Gasteiger partial charge on any atom is 0.264 e. The van der Waals surface area contributed by atoms with Crippen LogP contribution in [0.5, 0.6) is 5.75 Å².